The van der Waals surface area contributed by atoms with Crippen LogP contribution in [0.3, 0.4) is 0 Å². The Bertz CT molecular complexity index is 1040. The quantitative estimate of drug-likeness (QED) is 0.769. The van der Waals surface area contributed by atoms with Gasteiger partial charge >= 0.3 is 0 Å². The lowest BCUT2D eigenvalue weighted by atomic mass is 9.95. The predicted molar refractivity (Wildman–Crippen MR) is 100 cm³/mol. The summed E-state index contributed by atoms with van der Waals surface area (Å²) < 4.78 is 16.8. The van der Waals surface area contributed by atoms with E-state index in [0.29, 0.717) is 22.8 Å². The Balaban J connectivity index is 1.46. The van der Waals surface area contributed by atoms with E-state index >= 15 is 4.39 Å². The molecule has 6 heteroatoms. The number of rotatable bonds is 3. The van der Waals surface area contributed by atoms with Crippen molar-refractivity contribution in [3.8, 4) is 5.95 Å². The number of carbonyl (C=O) groups excluding carboxylic acids is 1. The van der Waals surface area contributed by atoms with E-state index < -0.39 is 5.82 Å². The molecule has 138 valence electrons. The number of nitrogens with zero attached hydrogens (tertiary/aromatic N) is 3. The Morgan fingerprint density at radius 3 is 2.85 bits per heavy atom. The van der Waals surface area contributed by atoms with Crippen molar-refractivity contribution in [3.63, 3.8) is 0 Å². The molecule has 2 heterocycles. The van der Waals surface area contributed by atoms with Crippen LogP contribution in [0, 0.1) is 24.6 Å². The van der Waals surface area contributed by atoms with Gasteiger partial charge in [-0.25, -0.2) is 14.4 Å². The lowest BCUT2D eigenvalue weighted by Crippen LogP contribution is -2.38. The number of halogens is 1. The van der Waals surface area contributed by atoms with Crippen LogP contribution in [0.15, 0.2) is 36.7 Å². The molecule has 0 radical (unpaired) electrons. The van der Waals surface area contributed by atoms with Crippen LogP contribution < -0.4 is 5.32 Å². The molecule has 2 aromatic heterocycles. The molecule has 1 aromatic carbocycles. The fourth-order valence-electron chi connectivity index (χ4n) is 4.75. The summed E-state index contributed by atoms with van der Waals surface area (Å²) in [6.45, 7) is 1.88. The highest BCUT2D eigenvalue weighted by Gasteiger charge is 2.40. The Hall–Kier alpha value is -2.76. The first kappa shape index (κ1) is 16.4. The summed E-state index contributed by atoms with van der Waals surface area (Å²) in [5.74, 6) is 0.982. The van der Waals surface area contributed by atoms with Gasteiger partial charge in [-0.15, -0.1) is 0 Å². The molecule has 1 amide bonds. The van der Waals surface area contributed by atoms with Crippen molar-refractivity contribution in [2.75, 3.05) is 0 Å². The van der Waals surface area contributed by atoms with Crippen LogP contribution in [-0.4, -0.2) is 26.5 Å². The summed E-state index contributed by atoms with van der Waals surface area (Å²) in [5, 5.41) is 3.47. The number of benzene rings is 1. The maximum absolute atomic E-state index is 15.1. The minimum absolute atomic E-state index is 0.105. The third-order valence-electron chi connectivity index (χ3n) is 6.10. The highest BCUT2D eigenvalue weighted by atomic mass is 19.1. The number of aryl methyl sites for hydroxylation is 1. The van der Waals surface area contributed by atoms with Crippen LogP contribution in [0.25, 0.3) is 16.9 Å². The molecular formula is C21H21FN4O. The molecule has 2 aliphatic carbocycles. The van der Waals surface area contributed by atoms with Gasteiger partial charge in [0, 0.05) is 29.5 Å². The van der Waals surface area contributed by atoms with Gasteiger partial charge in [0.25, 0.3) is 5.91 Å². The van der Waals surface area contributed by atoms with Crippen molar-refractivity contribution >= 4 is 16.8 Å². The van der Waals surface area contributed by atoms with Gasteiger partial charge in [-0.2, -0.15) is 0 Å². The SMILES string of the molecule is Cc1ccnc(-n2ccc3c(F)c(C(=O)N[C@@H]4C[C@@H]5CC[C@H]4C5)ccc32)n1. The van der Waals surface area contributed by atoms with Crippen molar-refractivity contribution in [1.29, 1.82) is 0 Å². The molecule has 2 fully saturated rings. The number of carbonyl (C=O) groups is 1. The van der Waals surface area contributed by atoms with E-state index in [1.165, 1.54) is 19.3 Å². The summed E-state index contributed by atoms with van der Waals surface area (Å²) in [6, 6.07) is 7.00. The molecule has 27 heavy (non-hydrogen) atoms. The molecule has 5 rings (SSSR count). The van der Waals surface area contributed by atoms with Crippen molar-refractivity contribution in [3.05, 3.63) is 53.7 Å². The van der Waals surface area contributed by atoms with Gasteiger partial charge < -0.3 is 5.32 Å². The summed E-state index contributed by atoms with van der Waals surface area (Å²) in [7, 11) is 0. The minimum Gasteiger partial charge on any atom is -0.349 e. The molecule has 0 unspecified atom stereocenters. The second-order valence-electron chi connectivity index (χ2n) is 7.80. The van der Waals surface area contributed by atoms with Gasteiger partial charge in [-0.05, 0) is 62.3 Å². The highest BCUT2D eigenvalue weighted by molar-refractivity contribution is 5.99. The largest absolute Gasteiger partial charge is 0.349 e. The number of amides is 1. The second kappa shape index (κ2) is 6.15. The molecular weight excluding hydrogens is 343 g/mol. The van der Waals surface area contributed by atoms with Gasteiger partial charge in [0.1, 0.15) is 5.82 Å². The smallest absolute Gasteiger partial charge is 0.254 e. The Morgan fingerprint density at radius 1 is 1.22 bits per heavy atom. The summed E-state index contributed by atoms with van der Waals surface area (Å²) >= 11 is 0. The summed E-state index contributed by atoms with van der Waals surface area (Å²) in [5.41, 5.74) is 1.59. The van der Waals surface area contributed by atoms with Crippen LogP contribution in [0.4, 0.5) is 4.39 Å². The first-order valence-corrected chi connectivity index (χ1v) is 9.50. The topological polar surface area (TPSA) is 59.8 Å². The van der Waals surface area contributed by atoms with Crippen LogP contribution >= 0.6 is 0 Å². The maximum atomic E-state index is 15.1. The third kappa shape index (κ3) is 2.71. The van der Waals surface area contributed by atoms with Crippen LogP contribution in [0.2, 0.25) is 0 Å². The van der Waals surface area contributed by atoms with E-state index in [-0.39, 0.29) is 17.5 Å². The number of fused-ring (bicyclic) bond motifs is 3. The number of hydrogen-bond donors (Lipinski definition) is 1. The molecule has 5 nitrogen and oxygen atoms in total. The third-order valence-corrected chi connectivity index (χ3v) is 6.10. The Kier molecular flexibility index (Phi) is 3.74. The van der Waals surface area contributed by atoms with Gasteiger partial charge in [-0.3, -0.25) is 9.36 Å². The molecule has 1 N–H and O–H groups in total. The van der Waals surface area contributed by atoms with Crippen LogP contribution in [-0.2, 0) is 0 Å². The molecule has 0 saturated heterocycles. The van der Waals surface area contributed by atoms with E-state index in [1.54, 1.807) is 35.2 Å². The lowest BCUT2D eigenvalue weighted by Gasteiger charge is -2.23. The zero-order chi connectivity index (χ0) is 18.5. The van der Waals surface area contributed by atoms with E-state index in [1.807, 2.05) is 13.0 Å². The van der Waals surface area contributed by atoms with Gasteiger partial charge in [0.15, 0.2) is 0 Å². The second-order valence-corrected chi connectivity index (χ2v) is 7.80. The van der Waals surface area contributed by atoms with Gasteiger partial charge in [0.2, 0.25) is 5.95 Å². The summed E-state index contributed by atoms with van der Waals surface area (Å²) in [6.07, 6.45) is 8.09. The zero-order valence-corrected chi connectivity index (χ0v) is 15.2. The number of aromatic nitrogens is 3. The molecule has 3 aromatic rings. The maximum Gasteiger partial charge on any atom is 0.254 e. The Labute approximate surface area is 156 Å². The standard InChI is InChI=1S/C21H21FN4O/c1-12-6-8-23-21(24-12)26-9-7-15-18(26)5-4-16(19(15)22)20(27)25-17-11-13-2-3-14(17)10-13/h4-9,13-14,17H,2-3,10-11H2,1H3,(H,25,27)/t13-,14+,17-/m1/s1. The van der Waals surface area contributed by atoms with Crippen molar-refractivity contribution < 1.29 is 9.18 Å². The van der Waals surface area contributed by atoms with Crippen LogP contribution in [0.5, 0.6) is 0 Å². The number of hydrogen-bond acceptors (Lipinski definition) is 3. The lowest BCUT2D eigenvalue weighted by molar-refractivity contribution is 0.0919. The zero-order valence-electron chi connectivity index (χ0n) is 15.2. The first-order valence-electron chi connectivity index (χ1n) is 9.50. The molecule has 3 atom stereocenters. The van der Waals surface area contributed by atoms with Gasteiger partial charge in [-0.1, -0.05) is 6.42 Å². The van der Waals surface area contributed by atoms with Crippen molar-refractivity contribution in [2.45, 2.75) is 38.6 Å². The van der Waals surface area contributed by atoms with Crippen molar-refractivity contribution in [1.82, 2.24) is 19.9 Å². The number of nitrogens with one attached hydrogen (secondary N) is 1. The monoisotopic (exact) mass is 364 g/mol. The minimum atomic E-state index is -0.487. The Morgan fingerprint density at radius 2 is 2.11 bits per heavy atom. The molecule has 0 spiro atoms. The predicted octanol–water partition coefficient (Wildman–Crippen LogP) is 3.79. The summed E-state index contributed by atoms with van der Waals surface area (Å²) in [4.78, 5) is 21.3. The van der Waals surface area contributed by atoms with E-state index in [2.05, 4.69) is 15.3 Å². The molecule has 2 bridgehead atoms. The van der Waals surface area contributed by atoms with Crippen molar-refractivity contribution in [2.24, 2.45) is 11.8 Å². The van der Waals surface area contributed by atoms with Crippen LogP contribution in [0.1, 0.15) is 41.7 Å². The molecule has 2 aliphatic rings. The molecule has 0 aliphatic heterocycles. The van der Waals surface area contributed by atoms with E-state index in [4.69, 9.17) is 0 Å². The van der Waals surface area contributed by atoms with E-state index in [9.17, 15) is 4.79 Å². The normalized spacial score (nSPS) is 23.9. The fourth-order valence-corrected chi connectivity index (χ4v) is 4.75. The fraction of sp³-hybridized carbons (Fsp3) is 0.381. The average molecular weight is 364 g/mol. The first-order chi connectivity index (χ1) is 13.1. The van der Waals surface area contributed by atoms with Gasteiger partial charge in [0.05, 0.1) is 11.1 Å². The van der Waals surface area contributed by atoms with E-state index in [0.717, 1.165) is 18.0 Å². The highest BCUT2D eigenvalue weighted by Crippen LogP contribution is 2.44. The average Bonchev–Trinajstić information content (AvgIpc) is 3.37. The molecule has 2 saturated carbocycles.